The van der Waals surface area contributed by atoms with Crippen LogP contribution in [0.15, 0.2) is 18.6 Å². The minimum Gasteiger partial charge on any atom is -0.496 e. The lowest BCUT2D eigenvalue weighted by Crippen LogP contribution is -2.23. The van der Waals surface area contributed by atoms with E-state index in [-0.39, 0.29) is 6.04 Å². The maximum Gasteiger partial charge on any atom is 0.128 e. The van der Waals surface area contributed by atoms with E-state index in [0.717, 1.165) is 35.5 Å². The van der Waals surface area contributed by atoms with Crippen molar-refractivity contribution < 1.29 is 4.74 Å². The fourth-order valence-electron chi connectivity index (χ4n) is 2.64. The van der Waals surface area contributed by atoms with Crippen molar-refractivity contribution in [1.82, 2.24) is 20.1 Å². The monoisotopic (exact) mass is 288 g/mol. The molecule has 2 rings (SSSR count). The zero-order chi connectivity index (χ0) is 15.4. The summed E-state index contributed by atoms with van der Waals surface area (Å²) in [7, 11) is 3.65. The van der Waals surface area contributed by atoms with Gasteiger partial charge in [-0.05, 0) is 20.4 Å². The molecule has 5 heteroatoms. The lowest BCUT2D eigenvalue weighted by atomic mass is 10.0. The second-order valence-corrected chi connectivity index (χ2v) is 5.31. The Morgan fingerprint density at radius 3 is 2.67 bits per heavy atom. The maximum atomic E-state index is 5.49. The van der Waals surface area contributed by atoms with Gasteiger partial charge in [-0.15, -0.1) is 0 Å². The molecule has 2 aromatic rings. The zero-order valence-corrected chi connectivity index (χ0v) is 13.5. The molecule has 114 valence electrons. The summed E-state index contributed by atoms with van der Waals surface area (Å²) in [5, 5.41) is 7.77. The first-order valence-corrected chi connectivity index (χ1v) is 7.27. The van der Waals surface area contributed by atoms with E-state index in [1.54, 1.807) is 7.11 Å². The summed E-state index contributed by atoms with van der Waals surface area (Å²) in [5.41, 5.74) is 4.43. The van der Waals surface area contributed by atoms with Crippen LogP contribution in [0.5, 0.6) is 5.75 Å². The van der Waals surface area contributed by atoms with E-state index in [2.05, 4.69) is 29.2 Å². The summed E-state index contributed by atoms with van der Waals surface area (Å²) >= 11 is 0. The number of aryl methyl sites for hydroxylation is 2. The van der Waals surface area contributed by atoms with Crippen LogP contribution < -0.4 is 10.1 Å². The van der Waals surface area contributed by atoms with Crippen molar-refractivity contribution in [2.45, 2.75) is 33.2 Å². The van der Waals surface area contributed by atoms with Crippen LogP contribution in [0.3, 0.4) is 0 Å². The van der Waals surface area contributed by atoms with Gasteiger partial charge in [0.2, 0.25) is 0 Å². The molecule has 2 aromatic heterocycles. The highest BCUT2D eigenvalue weighted by molar-refractivity contribution is 5.41. The van der Waals surface area contributed by atoms with Crippen molar-refractivity contribution in [2.24, 2.45) is 7.05 Å². The summed E-state index contributed by atoms with van der Waals surface area (Å²) < 4.78 is 7.32. The standard InChI is InChI=1S/C16H24N4O/c1-6-17-15(13-9-19-20(4)10-13)7-14-12(3)16(21-5)11(2)8-18-14/h8-10,15,17H,6-7H2,1-5H3. The fourth-order valence-corrected chi connectivity index (χ4v) is 2.64. The van der Waals surface area contributed by atoms with Crippen molar-refractivity contribution in [1.29, 1.82) is 0 Å². The highest BCUT2D eigenvalue weighted by atomic mass is 16.5. The van der Waals surface area contributed by atoms with Crippen LogP contribution >= 0.6 is 0 Å². The predicted octanol–water partition coefficient (Wildman–Crippen LogP) is 2.33. The van der Waals surface area contributed by atoms with E-state index in [1.807, 2.05) is 37.2 Å². The highest BCUT2D eigenvalue weighted by Gasteiger charge is 2.17. The van der Waals surface area contributed by atoms with Crippen molar-refractivity contribution in [3.8, 4) is 5.75 Å². The van der Waals surface area contributed by atoms with Crippen LogP contribution in [0.4, 0.5) is 0 Å². The second-order valence-electron chi connectivity index (χ2n) is 5.31. The summed E-state index contributed by atoms with van der Waals surface area (Å²) in [6.45, 7) is 7.10. The molecule has 0 saturated carbocycles. The van der Waals surface area contributed by atoms with Crippen LogP contribution in [-0.4, -0.2) is 28.4 Å². The molecular weight excluding hydrogens is 264 g/mol. The van der Waals surface area contributed by atoms with E-state index < -0.39 is 0 Å². The van der Waals surface area contributed by atoms with Crippen LogP contribution in [0.1, 0.15) is 35.3 Å². The fraction of sp³-hybridized carbons (Fsp3) is 0.500. The Balaban J connectivity index is 2.29. The first-order valence-electron chi connectivity index (χ1n) is 7.27. The van der Waals surface area contributed by atoms with E-state index in [1.165, 1.54) is 5.56 Å². The van der Waals surface area contributed by atoms with Crippen molar-refractivity contribution >= 4 is 0 Å². The molecule has 0 fully saturated rings. The van der Waals surface area contributed by atoms with E-state index in [9.17, 15) is 0 Å². The number of hydrogen-bond donors (Lipinski definition) is 1. The molecule has 0 aromatic carbocycles. The summed E-state index contributed by atoms with van der Waals surface area (Å²) in [6.07, 6.45) is 6.66. The molecule has 1 N–H and O–H groups in total. The smallest absolute Gasteiger partial charge is 0.128 e. The lowest BCUT2D eigenvalue weighted by molar-refractivity contribution is 0.406. The number of pyridine rings is 1. The van der Waals surface area contributed by atoms with Gasteiger partial charge in [0.25, 0.3) is 0 Å². The molecule has 1 unspecified atom stereocenters. The van der Waals surface area contributed by atoms with Crippen LogP contribution in [-0.2, 0) is 13.5 Å². The molecule has 0 aliphatic carbocycles. The molecule has 0 radical (unpaired) electrons. The number of rotatable bonds is 6. The van der Waals surface area contributed by atoms with Gasteiger partial charge in [0.15, 0.2) is 0 Å². The third-order valence-corrected chi connectivity index (χ3v) is 3.72. The number of ether oxygens (including phenoxy) is 1. The number of hydrogen-bond acceptors (Lipinski definition) is 4. The number of likely N-dealkylation sites (N-methyl/N-ethyl adjacent to an activating group) is 1. The third-order valence-electron chi connectivity index (χ3n) is 3.72. The Morgan fingerprint density at radius 1 is 1.33 bits per heavy atom. The van der Waals surface area contributed by atoms with E-state index in [0.29, 0.717) is 0 Å². The molecule has 21 heavy (non-hydrogen) atoms. The van der Waals surface area contributed by atoms with Gasteiger partial charge in [-0.25, -0.2) is 0 Å². The largest absolute Gasteiger partial charge is 0.496 e. The second kappa shape index (κ2) is 6.72. The van der Waals surface area contributed by atoms with Crippen molar-refractivity contribution in [3.63, 3.8) is 0 Å². The van der Waals surface area contributed by atoms with Gasteiger partial charge >= 0.3 is 0 Å². The molecule has 0 spiro atoms. The number of methoxy groups -OCH3 is 1. The molecule has 2 heterocycles. The SMILES string of the molecule is CCNC(Cc1ncc(C)c(OC)c1C)c1cnn(C)c1. The zero-order valence-electron chi connectivity index (χ0n) is 13.5. The average Bonchev–Trinajstić information content (AvgIpc) is 2.88. The molecule has 0 aliphatic heterocycles. The first-order chi connectivity index (χ1) is 10.1. The Kier molecular flexibility index (Phi) is 4.96. The molecule has 0 saturated heterocycles. The van der Waals surface area contributed by atoms with Gasteiger partial charge in [0, 0.05) is 54.3 Å². The topological polar surface area (TPSA) is 52.0 Å². The van der Waals surface area contributed by atoms with Gasteiger partial charge in [0.1, 0.15) is 5.75 Å². The molecule has 5 nitrogen and oxygen atoms in total. The van der Waals surface area contributed by atoms with Crippen LogP contribution in [0.2, 0.25) is 0 Å². The Bertz CT molecular complexity index is 606. The molecule has 0 amide bonds. The van der Waals surface area contributed by atoms with Gasteiger partial charge in [-0.2, -0.15) is 5.10 Å². The number of aromatic nitrogens is 3. The Labute approximate surface area is 126 Å². The Morgan fingerprint density at radius 2 is 2.10 bits per heavy atom. The van der Waals surface area contributed by atoms with E-state index in [4.69, 9.17) is 4.74 Å². The summed E-state index contributed by atoms with van der Waals surface area (Å²) in [4.78, 5) is 4.59. The number of nitrogens with zero attached hydrogens (tertiary/aromatic N) is 3. The van der Waals surface area contributed by atoms with Crippen LogP contribution in [0.25, 0.3) is 0 Å². The number of nitrogens with one attached hydrogen (secondary N) is 1. The lowest BCUT2D eigenvalue weighted by Gasteiger charge is -2.18. The minimum atomic E-state index is 0.210. The summed E-state index contributed by atoms with van der Waals surface area (Å²) in [5.74, 6) is 0.932. The van der Waals surface area contributed by atoms with Gasteiger partial charge < -0.3 is 10.1 Å². The molecular formula is C16H24N4O. The quantitative estimate of drug-likeness (QED) is 0.886. The maximum absolute atomic E-state index is 5.49. The normalized spacial score (nSPS) is 12.4. The van der Waals surface area contributed by atoms with Gasteiger partial charge in [0.05, 0.1) is 13.3 Å². The van der Waals surface area contributed by atoms with E-state index >= 15 is 0 Å². The highest BCUT2D eigenvalue weighted by Crippen LogP contribution is 2.27. The van der Waals surface area contributed by atoms with Gasteiger partial charge in [-0.1, -0.05) is 6.92 Å². The summed E-state index contributed by atoms with van der Waals surface area (Å²) in [6, 6.07) is 0.210. The minimum absolute atomic E-state index is 0.210. The molecule has 0 aliphatic rings. The molecule has 0 bridgehead atoms. The Hall–Kier alpha value is -1.88. The predicted molar refractivity (Wildman–Crippen MR) is 83.6 cm³/mol. The van der Waals surface area contributed by atoms with Crippen molar-refractivity contribution in [3.05, 3.63) is 41.0 Å². The average molecular weight is 288 g/mol. The first kappa shape index (κ1) is 15.5. The van der Waals surface area contributed by atoms with Crippen molar-refractivity contribution in [2.75, 3.05) is 13.7 Å². The van der Waals surface area contributed by atoms with Gasteiger partial charge in [-0.3, -0.25) is 9.67 Å². The van der Waals surface area contributed by atoms with Crippen LogP contribution in [0, 0.1) is 13.8 Å². The molecule has 1 atom stereocenters. The third kappa shape index (κ3) is 3.42.